The number of hydrogen-bond acceptors (Lipinski definition) is 4. The molecule has 0 aliphatic carbocycles. The summed E-state index contributed by atoms with van der Waals surface area (Å²) < 4.78 is 6.80. The summed E-state index contributed by atoms with van der Waals surface area (Å²) in [6, 6.07) is 11.1. The number of benzene rings is 1. The monoisotopic (exact) mass is 299 g/mol. The number of methoxy groups -OCH3 is 1. The Hall–Kier alpha value is -2.14. The Bertz CT molecular complexity index is 690. The normalized spacial score (nSPS) is 15.7. The van der Waals surface area contributed by atoms with Crippen LogP contribution in [0.15, 0.2) is 41.2 Å². The fourth-order valence-corrected chi connectivity index (χ4v) is 2.78. The average molecular weight is 299 g/mol. The molecule has 0 bridgehead atoms. The molecule has 0 spiro atoms. The van der Waals surface area contributed by atoms with E-state index in [-0.39, 0.29) is 5.56 Å². The lowest BCUT2D eigenvalue weighted by Crippen LogP contribution is -2.36. The molecule has 1 aromatic carbocycles. The molecule has 2 heterocycles. The van der Waals surface area contributed by atoms with Gasteiger partial charge < -0.3 is 4.74 Å². The third-order valence-electron chi connectivity index (χ3n) is 4.01. The molecule has 3 rings (SSSR count). The largest absolute Gasteiger partial charge is 0.497 e. The number of ether oxygens (including phenoxy) is 1. The zero-order chi connectivity index (χ0) is 15.4. The molecule has 22 heavy (non-hydrogen) atoms. The molecule has 0 unspecified atom stereocenters. The maximum Gasteiger partial charge on any atom is 0.268 e. The van der Waals surface area contributed by atoms with Crippen LogP contribution in [0.2, 0.25) is 0 Å². The summed E-state index contributed by atoms with van der Waals surface area (Å²) in [6.45, 7) is 2.64. The Morgan fingerprint density at radius 1 is 1.14 bits per heavy atom. The van der Waals surface area contributed by atoms with E-state index in [1.807, 2.05) is 24.3 Å². The van der Waals surface area contributed by atoms with Crippen LogP contribution in [0.5, 0.6) is 5.75 Å². The average Bonchev–Trinajstić information content (AvgIpc) is 2.58. The molecule has 1 aliphatic heterocycles. The van der Waals surface area contributed by atoms with Gasteiger partial charge in [0.2, 0.25) is 0 Å². The first kappa shape index (κ1) is 14.8. The second-order valence-corrected chi connectivity index (χ2v) is 5.61. The maximum absolute atomic E-state index is 12.0. The van der Waals surface area contributed by atoms with Crippen molar-refractivity contribution in [3.8, 4) is 17.0 Å². The van der Waals surface area contributed by atoms with Crippen LogP contribution in [-0.2, 0) is 6.67 Å². The Labute approximate surface area is 130 Å². The lowest BCUT2D eigenvalue weighted by molar-refractivity contribution is 0.170. The molecule has 0 radical (unpaired) electrons. The Morgan fingerprint density at radius 3 is 2.73 bits per heavy atom. The lowest BCUT2D eigenvalue weighted by atomic mass is 10.1. The van der Waals surface area contributed by atoms with Crippen molar-refractivity contribution >= 4 is 0 Å². The zero-order valence-corrected chi connectivity index (χ0v) is 12.9. The zero-order valence-electron chi connectivity index (χ0n) is 12.9. The first-order chi connectivity index (χ1) is 10.8. The molecular weight excluding hydrogens is 278 g/mol. The fourth-order valence-electron chi connectivity index (χ4n) is 2.78. The topological polar surface area (TPSA) is 47.4 Å². The smallest absolute Gasteiger partial charge is 0.268 e. The van der Waals surface area contributed by atoms with Crippen LogP contribution in [0.3, 0.4) is 0 Å². The molecule has 1 aliphatic rings. The van der Waals surface area contributed by atoms with E-state index in [0.29, 0.717) is 6.67 Å². The van der Waals surface area contributed by atoms with Gasteiger partial charge in [-0.25, -0.2) is 4.68 Å². The second kappa shape index (κ2) is 6.75. The van der Waals surface area contributed by atoms with E-state index >= 15 is 0 Å². The van der Waals surface area contributed by atoms with Crippen molar-refractivity contribution in [3.63, 3.8) is 0 Å². The summed E-state index contributed by atoms with van der Waals surface area (Å²) >= 11 is 0. The van der Waals surface area contributed by atoms with Crippen LogP contribution in [0.1, 0.15) is 19.3 Å². The number of nitrogens with zero attached hydrogens (tertiary/aromatic N) is 3. The van der Waals surface area contributed by atoms with Crippen LogP contribution in [0.25, 0.3) is 11.3 Å². The maximum atomic E-state index is 12.0. The Kier molecular flexibility index (Phi) is 4.53. The highest BCUT2D eigenvalue weighted by atomic mass is 16.5. The van der Waals surface area contributed by atoms with E-state index in [9.17, 15) is 4.79 Å². The first-order valence-corrected chi connectivity index (χ1v) is 7.71. The standard InChI is InChI=1S/C17H21N3O2/c1-22-15-7-5-6-14(12-15)16-8-9-17(21)20(18-16)13-19-10-3-2-4-11-19/h5-9,12H,2-4,10-11,13H2,1H3. The quantitative estimate of drug-likeness (QED) is 0.869. The van der Waals surface area contributed by atoms with Gasteiger partial charge in [0.1, 0.15) is 5.75 Å². The van der Waals surface area contributed by atoms with Crippen molar-refractivity contribution in [3.05, 3.63) is 46.8 Å². The molecule has 116 valence electrons. The Morgan fingerprint density at radius 2 is 1.95 bits per heavy atom. The summed E-state index contributed by atoms with van der Waals surface area (Å²) in [5.41, 5.74) is 1.68. The molecule has 5 heteroatoms. The van der Waals surface area contributed by atoms with Crippen molar-refractivity contribution in [2.45, 2.75) is 25.9 Å². The van der Waals surface area contributed by atoms with Gasteiger partial charge >= 0.3 is 0 Å². The SMILES string of the molecule is COc1cccc(-c2ccc(=O)n(CN3CCCCC3)n2)c1. The predicted molar refractivity (Wildman–Crippen MR) is 85.9 cm³/mol. The van der Waals surface area contributed by atoms with Crippen LogP contribution < -0.4 is 10.3 Å². The van der Waals surface area contributed by atoms with E-state index in [4.69, 9.17) is 4.74 Å². The van der Waals surface area contributed by atoms with Gasteiger partial charge in [-0.15, -0.1) is 0 Å². The van der Waals surface area contributed by atoms with Crippen molar-refractivity contribution in [1.29, 1.82) is 0 Å². The number of rotatable bonds is 4. The molecule has 1 fully saturated rings. The van der Waals surface area contributed by atoms with Gasteiger partial charge in [-0.3, -0.25) is 9.69 Å². The minimum Gasteiger partial charge on any atom is -0.497 e. The molecule has 2 aromatic rings. The molecule has 0 atom stereocenters. The van der Waals surface area contributed by atoms with Gasteiger partial charge in [0.15, 0.2) is 0 Å². The van der Waals surface area contributed by atoms with Crippen molar-refractivity contribution in [2.24, 2.45) is 0 Å². The van der Waals surface area contributed by atoms with Crippen LogP contribution in [0, 0.1) is 0 Å². The van der Waals surface area contributed by atoms with E-state index in [1.54, 1.807) is 23.9 Å². The van der Waals surface area contributed by atoms with E-state index in [2.05, 4.69) is 10.00 Å². The van der Waals surface area contributed by atoms with Crippen LogP contribution in [0.4, 0.5) is 0 Å². The number of aromatic nitrogens is 2. The van der Waals surface area contributed by atoms with E-state index in [0.717, 1.165) is 30.1 Å². The molecular formula is C17H21N3O2. The lowest BCUT2D eigenvalue weighted by Gasteiger charge is -2.26. The molecule has 0 N–H and O–H groups in total. The fraction of sp³-hybridized carbons (Fsp3) is 0.412. The molecule has 1 saturated heterocycles. The highest BCUT2D eigenvalue weighted by molar-refractivity contribution is 5.60. The van der Waals surface area contributed by atoms with Gasteiger partial charge in [0.05, 0.1) is 19.5 Å². The van der Waals surface area contributed by atoms with Crippen LogP contribution in [-0.4, -0.2) is 34.9 Å². The minimum atomic E-state index is -0.0581. The summed E-state index contributed by atoms with van der Waals surface area (Å²) in [7, 11) is 1.64. The summed E-state index contributed by atoms with van der Waals surface area (Å²) in [4.78, 5) is 14.3. The summed E-state index contributed by atoms with van der Waals surface area (Å²) in [6.07, 6.45) is 3.68. The van der Waals surface area contributed by atoms with Crippen LogP contribution >= 0.6 is 0 Å². The van der Waals surface area contributed by atoms with Crippen molar-refractivity contribution in [2.75, 3.05) is 20.2 Å². The van der Waals surface area contributed by atoms with Gasteiger partial charge in [-0.05, 0) is 44.1 Å². The van der Waals surface area contributed by atoms with Gasteiger partial charge in [0, 0.05) is 11.6 Å². The third-order valence-corrected chi connectivity index (χ3v) is 4.01. The summed E-state index contributed by atoms with van der Waals surface area (Å²) in [5, 5.41) is 4.52. The van der Waals surface area contributed by atoms with Gasteiger partial charge in [-0.2, -0.15) is 5.10 Å². The van der Waals surface area contributed by atoms with Gasteiger partial charge in [-0.1, -0.05) is 18.6 Å². The number of piperidine rings is 1. The predicted octanol–water partition coefficient (Wildman–Crippen LogP) is 2.36. The molecule has 0 saturated carbocycles. The third kappa shape index (κ3) is 3.36. The highest BCUT2D eigenvalue weighted by Crippen LogP contribution is 2.21. The first-order valence-electron chi connectivity index (χ1n) is 7.71. The van der Waals surface area contributed by atoms with E-state index < -0.39 is 0 Å². The van der Waals surface area contributed by atoms with Gasteiger partial charge in [0.25, 0.3) is 5.56 Å². The minimum absolute atomic E-state index is 0.0581. The Balaban J connectivity index is 1.86. The second-order valence-electron chi connectivity index (χ2n) is 5.61. The van der Waals surface area contributed by atoms with E-state index in [1.165, 1.54) is 19.3 Å². The highest BCUT2D eigenvalue weighted by Gasteiger charge is 2.12. The molecule has 0 amide bonds. The molecule has 5 nitrogen and oxygen atoms in total. The van der Waals surface area contributed by atoms with Crippen molar-refractivity contribution in [1.82, 2.24) is 14.7 Å². The summed E-state index contributed by atoms with van der Waals surface area (Å²) in [5.74, 6) is 0.785. The molecule has 1 aromatic heterocycles. The number of likely N-dealkylation sites (tertiary alicyclic amines) is 1. The number of hydrogen-bond donors (Lipinski definition) is 0. The van der Waals surface area contributed by atoms with Crippen molar-refractivity contribution < 1.29 is 4.74 Å².